The largest absolute Gasteiger partial charge is 0.462 e. The van der Waals surface area contributed by atoms with Gasteiger partial charge >= 0.3 is 5.97 Å². The second-order valence-electron chi connectivity index (χ2n) is 8.44. The molecule has 3 heterocycles. The van der Waals surface area contributed by atoms with E-state index in [4.69, 9.17) is 4.74 Å². The van der Waals surface area contributed by atoms with Gasteiger partial charge in [0.15, 0.2) is 5.49 Å². The molecule has 4 rings (SSSR count). The minimum Gasteiger partial charge on any atom is -0.462 e. The quantitative estimate of drug-likeness (QED) is 0.343. The van der Waals surface area contributed by atoms with E-state index >= 15 is 0 Å². The first kappa shape index (κ1) is 23.1. The number of ether oxygens (including phenoxy) is 1. The van der Waals surface area contributed by atoms with Gasteiger partial charge in [-0.3, -0.25) is 14.0 Å². The Morgan fingerprint density at radius 2 is 1.79 bits per heavy atom. The van der Waals surface area contributed by atoms with Crippen LogP contribution >= 0.6 is 0 Å². The zero-order valence-corrected chi connectivity index (χ0v) is 19.8. The van der Waals surface area contributed by atoms with E-state index in [2.05, 4.69) is 9.98 Å². The first-order valence-electron chi connectivity index (χ1n) is 11.1. The van der Waals surface area contributed by atoms with Gasteiger partial charge in [-0.05, 0) is 65.0 Å². The van der Waals surface area contributed by atoms with E-state index in [0.29, 0.717) is 16.9 Å². The van der Waals surface area contributed by atoms with Crippen molar-refractivity contribution in [2.45, 2.75) is 40.7 Å². The Hall–Kier alpha value is -4.07. The maximum absolute atomic E-state index is 13.3. The molecule has 4 aromatic rings. The number of benzene rings is 1. The fourth-order valence-corrected chi connectivity index (χ4v) is 4.06. The summed E-state index contributed by atoms with van der Waals surface area (Å²) in [6.07, 6.45) is 1.62. The zero-order chi connectivity index (χ0) is 24.6. The van der Waals surface area contributed by atoms with Crippen LogP contribution in [0.5, 0.6) is 0 Å². The number of aromatic nitrogens is 3. The highest BCUT2D eigenvalue weighted by Gasteiger charge is 2.21. The van der Waals surface area contributed by atoms with Crippen molar-refractivity contribution in [3.63, 3.8) is 0 Å². The lowest BCUT2D eigenvalue weighted by molar-refractivity contribution is 0.0523. The molecule has 0 fully saturated rings. The smallest absolute Gasteiger partial charge is 0.341 e. The van der Waals surface area contributed by atoms with Crippen molar-refractivity contribution in [3.8, 4) is 0 Å². The summed E-state index contributed by atoms with van der Waals surface area (Å²) in [5.41, 5.74) is 2.88. The molecule has 8 nitrogen and oxygen atoms in total. The molecule has 0 aliphatic heterocycles. The molecule has 34 heavy (non-hydrogen) atoms. The Kier molecular flexibility index (Phi) is 6.15. The second-order valence-corrected chi connectivity index (χ2v) is 8.44. The summed E-state index contributed by atoms with van der Waals surface area (Å²) in [6.45, 7) is 9.39. The number of rotatable bonds is 4. The van der Waals surface area contributed by atoms with Crippen LogP contribution in [0.25, 0.3) is 16.7 Å². The summed E-state index contributed by atoms with van der Waals surface area (Å²) in [5, 5.41) is 0.234. The van der Waals surface area contributed by atoms with Crippen molar-refractivity contribution in [2.75, 3.05) is 6.61 Å². The number of nitrogens with zero attached hydrogens (tertiary/aromatic N) is 4. The number of hydrogen-bond acceptors (Lipinski definition) is 5. The number of carbonyl (C=O) groups is 2. The lowest BCUT2D eigenvalue weighted by Crippen LogP contribution is -2.33. The number of fused-ring (bicyclic) bond motifs is 2. The second kappa shape index (κ2) is 9.05. The Morgan fingerprint density at radius 1 is 1.09 bits per heavy atom. The molecule has 3 aromatic heterocycles. The fraction of sp³-hybridized carbons (Fsp3) is 0.269. The summed E-state index contributed by atoms with van der Waals surface area (Å²) < 4.78 is 8.32. The van der Waals surface area contributed by atoms with Crippen LogP contribution in [-0.2, 0) is 4.74 Å². The molecule has 0 spiro atoms. The molecule has 1 aromatic carbocycles. The van der Waals surface area contributed by atoms with E-state index in [1.807, 2.05) is 33.8 Å². The van der Waals surface area contributed by atoms with E-state index in [1.54, 1.807) is 48.0 Å². The lowest BCUT2D eigenvalue weighted by atomic mass is 10.1. The first-order chi connectivity index (χ1) is 16.2. The van der Waals surface area contributed by atoms with Crippen LogP contribution in [0.4, 0.5) is 0 Å². The SMILES string of the molecule is CCOC(=O)c1cc2c(=O)n3ccccc3nc2n(C(C)C)c1=NC(=O)c1cc(C)cc(C)c1. The van der Waals surface area contributed by atoms with Gasteiger partial charge < -0.3 is 9.30 Å². The topological polar surface area (TPSA) is 95.0 Å². The van der Waals surface area contributed by atoms with Crippen molar-refractivity contribution in [1.29, 1.82) is 0 Å². The van der Waals surface area contributed by atoms with Crippen molar-refractivity contribution in [1.82, 2.24) is 14.0 Å². The first-order valence-corrected chi connectivity index (χ1v) is 11.1. The number of hydrogen-bond donors (Lipinski definition) is 0. The van der Waals surface area contributed by atoms with Gasteiger partial charge in [-0.25, -0.2) is 9.78 Å². The Bertz CT molecular complexity index is 1560. The number of amides is 1. The van der Waals surface area contributed by atoms with Crippen LogP contribution < -0.4 is 11.0 Å². The average molecular weight is 459 g/mol. The molecule has 0 saturated carbocycles. The number of aryl methyl sites for hydroxylation is 2. The molecule has 0 atom stereocenters. The van der Waals surface area contributed by atoms with E-state index in [9.17, 15) is 14.4 Å². The van der Waals surface area contributed by atoms with Gasteiger partial charge in [0.25, 0.3) is 11.5 Å². The van der Waals surface area contributed by atoms with Crippen molar-refractivity contribution >= 4 is 28.6 Å². The molecule has 0 N–H and O–H groups in total. The summed E-state index contributed by atoms with van der Waals surface area (Å²) in [4.78, 5) is 48.5. The van der Waals surface area contributed by atoms with Crippen LogP contribution in [0.2, 0.25) is 0 Å². The molecule has 0 aliphatic rings. The molecule has 0 radical (unpaired) electrons. The Labute approximate surface area is 196 Å². The van der Waals surface area contributed by atoms with E-state index in [-0.39, 0.29) is 34.6 Å². The van der Waals surface area contributed by atoms with Crippen molar-refractivity contribution in [3.05, 3.63) is 86.8 Å². The summed E-state index contributed by atoms with van der Waals surface area (Å²) in [6, 6.07) is 11.9. The van der Waals surface area contributed by atoms with Crippen LogP contribution in [-0.4, -0.2) is 32.4 Å². The van der Waals surface area contributed by atoms with Gasteiger partial charge in [0.1, 0.15) is 16.9 Å². The molecule has 0 unspecified atom stereocenters. The zero-order valence-electron chi connectivity index (χ0n) is 19.8. The lowest BCUT2D eigenvalue weighted by Gasteiger charge is -2.17. The third kappa shape index (κ3) is 4.14. The fourth-order valence-electron chi connectivity index (χ4n) is 4.06. The van der Waals surface area contributed by atoms with Gasteiger partial charge in [0.05, 0.1) is 12.0 Å². The van der Waals surface area contributed by atoms with Crippen molar-refractivity contribution < 1.29 is 14.3 Å². The minimum absolute atomic E-state index is 0.0376. The van der Waals surface area contributed by atoms with Crippen LogP contribution in [0.1, 0.15) is 58.7 Å². The van der Waals surface area contributed by atoms with E-state index < -0.39 is 11.9 Å². The van der Waals surface area contributed by atoms with Crippen LogP contribution in [0.15, 0.2) is 58.4 Å². The van der Waals surface area contributed by atoms with Crippen LogP contribution in [0.3, 0.4) is 0 Å². The highest BCUT2D eigenvalue weighted by atomic mass is 16.5. The number of carbonyl (C=O) groups excluding carboxylic acids is 2. The molecular formula is C26H26N4O4. The average Bonchev–Trinajstić information content (AvgIpc) is 2.78. The third-order valence-corrected chi connectivity index (χ3v) is 5.42. The molecule has 0 bridgehead atoms. The van der Waals surface area contributed by atoms with Gasteiger partial charge in [0, 0.05) is 17.8 Å². The standard InChI is InChI=1S/C26H26N4O4/c1-6-34-26(33)20-14-19-22(27-21-9-7-8-10-29(21)25(19)32)30(15(2)3)23(20)28-24(31)18-12-16(4)11-17(5)13-18/h7-15H,6H2,1-5H3. The molecule has 8 heteroatoms. The normalized spacial score (nSPS) is 12.0. The minimum atomic E-state index is -0.664. The molecule has 0 aliphatic carbocycles. The molecular weight excluding hydrogens is 432 g/mol. The third-order valence-electron chi connectivity index (χ3n) is 5.42. The highest BCUT2D eigenvalue weighted by molar-refractivity contribution is 5.97. The maximum atomic E-state index is 13.3. The predicted molar refractivity (Wildman–Crippen MR) is 129 cm³/mol. The summed E-state index contributed by atoms with van der Waals surface area (Å²) in [5.74, 6) is -1.16. The van der Waals surface area contributed by atoms with Gasteiger partial charge in [0.2, 0.25) is 0 Å². The van der Waals surface area contributed by atoms with Crippen molar-refractivity contribution in [2.24, 2.45) is 4.99 Å². The monoisotopic (exact) mass is 458 g/mol. The van der Waals surface area contributed by atoms with Crippen LogP contribution in [0, 0.1) is 13.8 Å². The molecule has 0 saturated heterocycles. The molecule has 174 valence electrons. The van der Waals surface area contributed by atoms with E-state index in [0.717, 1.165) is 11.1 Å². The van der Waals surface area contributed by atoms with Gasteiger partial charge in [-0.2, -0.15) is 4.99 Å². The highest BCUT2D eigenvalue weighted by Crippen LogP contribution is 2.16. The van der Waals surface area contributed by atoms with E-state index in [1.165, 1.54) is 10.5 Å². The Balaban J connectivity index is 2.14. The summed E-state index contributed by atoms with van der Waals surface area (Å²) >= 11 is 0. The summed E-state index contributed by atoms with van der Waals surface area (Å²) in [7, 11) is 0. The molecule has 1 amide bonds. The van der Waals surface area contributed by atoms with Gasteiger partial charge in [-0.1, -0.05) is 23.3 Å². The van der Waals surface area contributed by atoms with Gasteiger partial charge in [-0.15, -0.1) is 0 Å². The number of pyridine rings is 2. The predicted octanol–water partition coefficient (Wildman–Crippen LogP) is 3.76. The number of esters is 1. The Morgan fingerprint density at radius 3 is 2.44 bits per heavy atom. The maximum Gasteiger partial charge on any atom is 0.341 e.